The molecule has 0 aliphatic heterocycles. The van der Waals surface area contributed by atoms with Crippen LogP contribution < -0.4 is 4.74 Å². The summed E-state index contributed by atoms with van der Waals surface area (Å²) < 4.78 is 6.96. The number of benzene rings is 1. The highest BCUT2D eigenvalue weighted by Crippen LogP contribution is 2.27. The number of hydrogen-bond acceptors (Lipinski definition) is 6. The van der Waals surface area contributed by atoms with Crippen molar-refractivity contribution in [2.24, 2.45) is 0 Å². The Morgan fingerprint density at radius 2 is 2.24 bits per heavy atom. The lowest BCUT2D eigenvalue weighted by Gasteiger charge is -2.22. The number of aromatic nitrogens is 4. The average molecular weight is 359 g/mol. The number of ether oxygens (including phenoxy) is 1. The fourth-order valence-corrected chi connectivity index (χ4v) is 3.63. The molecule has 0 saturated carbocycles. The van der Waals surface area contributed by atoms with Crippen LogP contribution in [0.1, 0.15) is 26.2 Å². The van der Waals surface area contributed by atoms with Crippen LogP contribution in [0.15, 0.2) is 41.2 Å². The van der Waals surface area contributed by atoms with Crippen molar-refractivity contribution in [2.75, 3.05) is 19.4 Å². The topological polar surface area (TPSA) is 73.1 Å². The lowest BCUT2D eigenvalue weighted by atomic mass is 10.3. The molecule has 0 saturated heterocycles. The Balaban J connectivity index is 1.72. The number of carbonyl (C=O) groups excluding carboxylic acids is 1. The van der Waals surface area contributed by atoms with E-state index in [2.05, 4.69) is 21.6 Å². The fourth-order valence-electron chi connectivity index (χ4n) is 2.87. The van der Waals surface area contributed by atoms with Gasteiger partial charge in [0.15, 0.2) is 0 Å². The maximum Gasteiger partial charge on any atom is 0.237 e. The molecule has 0 unspecified atom stereocenters. The highest BCUT2D eigenvalue weighted by Gasteiger charge is 2.20. The zero-order valence-electron chi connectivity index (χ0n) is 14.4. The minimum absolute atomic E-state index is 0.0789. The van der Waals surface area contributed by atoms with Crippen molar-refractivity contribution >= 4 is 17.7 Å². The van der Waals surface area contributed by atoms with Crippen molar-refractivity contribution in [3.8, 4) is 11.4 Å². The number of thioether (sulfide) groups is 1. The maximum absolute atomic E-state index is 12.6. The maximum atomic E-state index is 12.6. The molecule has 0 bridgehead atoms. The third-order valence-corrected chi connectivity index (χ3v) is 4.96. The van der Waals surface area contributed by atoms with Gasteiger partial charge in [-0.05, 0) is 48.7 Å². The Morgan fingerprint density at radius 3 is 2.96 bits per heavy atom. The Bertz CT molecular complexity index is 774. The van der Waals surface area contributed by atoms with Crippen LogP contribution in [0.25, 0.3) is 5.69 Å². The molecule has 2 aromatic rings. The average Bonchev–Trinajstić information content (AvgIpc) is 3.32. The molecule has 0 radical (unpaired) electrons. The van der Waals surface area contributed by atoms with Crippen LogP contribution in [-0.4, -0.2) is 50.4 Å². The lowest BCUT2D eigenvalue weighted by molar-refractivity contribution is -0.126. The van der Waals surface area contributed by atoms with Crippen LogP contribution in [-0.2, 0) is 4.79 Å². The number of carbonyl (C=O) groups is 1. The van der Waals surface area contributed by atoms with Gasteiger partial charge in [-0.15, -0.1) is 5.10 Å². The molecular weight excluding hydrogens is 338 g/mol. The molecule has 1 heterocycles. The first-order valence-corrected chi connectivity index (χ1v) is 9.27. The normalized spacial score (nSPS) is 13.6. The van der Waals surface area contributed by atoms with Crippen LogP contribution in [0.3, 0.4) is 0 Å². The summed E-state index contributed by atoms with van der Waals surface area (Å²) in [7, 11) is 1.61. The zero-order chi connectivity index (χ0) is 17.6. The van der Waals surface area contributed by atoms with Gasteiger partial charge in [-0.1, -0.05) is 30.0 Å². The molecule has 1 aliphatic rings. The second kappa shape index (κ2) is 8.15. The van der Waals surface area contributed by atoms with Gasteiger partial charge >= 0.3 is 0 Å². The first kappa shape index (κ1) is 17.5. The van der Waals surface area contributed by atoms with Crippen molar-refractivity contribution in [3.05, 3.63) is 36.0 Å². The Labute approximate surface area is 151 Å². The van der Waals surface area contributed by atoms with Gasteiger partial charge in [-0.25, -0.2) is 0 Å². The number of para-hydroxylation sites is 2. The number of hydrogen-bond donors (Lipinski definition) is 0. The number of allylic oxidation sites excluding steroid dienone is 2. The summed E-state index contributed by atoms with van der Waals surface area (Å²) in [5, 5.41) is 12.4. The van der Waals surface area contributed by atoms with E-state index in [1.54, 1.807) is 11.8 Å². The Hall–Kier alpha value is -2.35. The summed E-state index contributed by atoms with van der Waals surface area (Å²) in [6.07, 6.45) is 5.31. The molecule has 0 N–H and O–H groups in total. The second-order valence-corrected chi connectivity index (χ2v) is 6.50. The van der Waals surface area contributed by atoms with Gasteiger partial charge in [0.25, 0.3) is 0 Å². The highest BCUT2D eigenvalue weighted by atomic mass is 32.2. The third kappa shape index (κ3) is 3.84. The van der Waals surface area contributed by atoms with E-state index >= 15 is 0 Å². The van der Waals surface area contributed by atoms with Gasteiger partial charge in [-0.3, -0.25) is 4.79 Å². The van der Waals surface area contributed by atoms with Crippen molar-refractivity contribution in [3.63, 3.8) is 0 Å². The van der Waals surface area contributed by atoms with Crippen LogP contribution in [0.2, 0.25) is 0 Å². The van der Waals surface area contributed by atoms with Crippen molar-refractivity contribution in [1.29, 1.82) is 0 Å². The first-order chi connectivity index (χ1) is 12.2. The molecule has 0 atom stereocenters. The van der Waals surface area contributed by atoms with Crippen LogP contribution >= 0.6 is 11.8 Å². The standard InChI is InChI=1S/C17H21N5O2S/c1-3-21(13-8-4-5-9-13)16(23)12-25-17-18-19-20-22(17)14-10-6-7-11-15(14)24-2/h6-8,10-11H,3-5,9,12H2,1-2H3. The fraction of sp³-hybridized carbons (Fsp3) is 0.412. The van der Waals surface area contributed by atoms with Crippen LogP contribution in [0.4, 0.5) is 0 Å². The molecule has 0 spiro atoms. The summed E-state index contributed by atoms with van der Waals surface area (Å²) >= 11 is 1.33. The van der Waals surface area contributed by atoms with E-state index in [0.717, 1.165) is 30.6 Å². The molecule has 8 heteroatoms. The van der Waals surface area contributed by atoms with Gasteiger partial charge < -0.3 is 9.64 Å². The Kier molecular flexibility index (Phi) is 5.70. The van der Waals surface area contributed by atoms with Crippen molar-refractivity contribution < 1.29 is 9.53 Å². The number of tetrazole rings is 1. The van der Waals surface area contributed by atoms with Crippen molar-refractivity contribution in [1.82, 2.24) is 25.1 Å². The SMILES string of the molecule is CCN(C(=O)CSc1nnnn1-c1ccccc1OC)C1=CCCC1. The number of nitrogens with zero attached hydrogens (tertiary/aromatic N) is 5. The Morgan fingerprint density at radius 1 is 1.40 bits per heavy atom. The second-order valence-electron chi connectivity index (χ2n) is 5.56. The number of rotatable bonds is 7. The van der Waals surface area contributed by atoms with E-state index in [9.17, 15) is 4.79 Å². The molecule has 1 amide bonds. The quantitative estimate of drug-likeness (QED) is 0.708. The van der Waals surface area contributed by atoms with Gasteiger partial charge in [0.05, 0.1) is 12.9 Å². The van der Waals surface area contributed by atoms with E-state index < -0.39 is 0 Å². The zero-order valence-corrected chi connectivity index (χ0v) is 15.2. The summed E-state index contributed by atoms with van der Waals surface area (Å²) in [5.41, 5.74) is 1.88. The predicted octanol–water partition coefficient (Wildman–Crippen LogP) is 2.68. The molecule has 0 fully saturated rings. The monoisotopic (exact) mass is 359 g/mol. The summed E-state index contributed by atoms with van der Waals surface area (Å²) in [4.78, 5) is 14.4. The molecule has 1 aromatic carbocycles. The molecular formula is C17H21N5O2S. The molecule has 7 nitrogen and oxygen atoms in total. The first-order valence-electron chi connectivity index (χ1n) is 8.28. The predicted molar refractivity (Wildman–Crippen MR) is 95.8 cm³/mol. The summed E-state index contributed by atoms with van der Waals surface area (Å²) in [6, 6.07) is 7.51. The summed E-state index contributed by atoms with van der Waals surface area (Å²) in [5.74, 6) is 1.05. The molecule has 25 heavy (non-hydrogen) atoms. The molecule has 3 rings (SSSR count). The van der Waals surface area contributed by atoms with Gasteiger partial charge in [-0.2, -0.15) is 4.68 Å². The van der Waals surface area contributed by atoms with Gasteiger partial charge in [0.2, 0.25) is 11.1 Å². The number of methoxy groups -OCH3 is 1. The molecule has 1 aliphatic carbocycles. The number of amides is 1. The largest absolute Gasteiger partial charge is 0.494 e. The van der Waals surface area contributed by atoms with E-state index in [4.69, 9.17) is 4.74 Å². The van der Waals surface area contributed by atoms with Crippen LogP contribution in [0, 0.1) is 0 Å². The van der Waals surface area contributed by atoms with Crippen molar-refractivity contribution in [2.45, 2.75) is 31.3 Å². The third-order valence-electron chi connectivity index (χ3n) is 4.06. The smallest absolute Gasteiger partial charge is 0.237 e. The highest BCUT2D eigenvalue weighted by molar-refractivity contribution is 7.99. The van der Waals surface area contributed by atoms with Gasteiger partial charge in [0, 0.05) is 12.2 Å². The lowest BCUT2D eigenvalue weighted by Crippen LogP contribution is -2.31. The minimum Gasteiger partial charge on any atom is -0.494 e. The van der Waals surface area contributed by atoms with E-state index in [1.807, 2.05) is 36.1 Å². The van der Waals surface area contributed by atoms with Gasteiger partial charge in [0.1, 0.15) is 11.4 Å². The molecule has 1 aromatic heterocycles. The molecule has 132 valence electrons. The minimum atomic E-state index is 0.0789. The van der Waals surface area contributed by atoms with E-state index in [-0.39, 0.29) is 5.91 Å². The van der Waals surface area contributed by atoms with E-state index in [1.165, 1.54) is 11.8 Å². The van der Waals surface area contributed by atoms with Crippen LogP contribution in [0.5, 0.6) is 5.75 Å². The summed E-state index contributed by atoms with van der Waals surface area (Å²) in [6.45, 7) is 2.68. The van der Waals surface area contributed by atoms with E-state index in [0.29, 0.717) is 23.2 Å².